The monoisotopic (exact) mass is 255 g/mol. The minimum absolute atomic E-state index is 0.0302. The Kier molecular flexibility index (Phi) is 4.87. The molecule has 0 aromatic carbocycles. The molecule has 18 heavy (non-hydrogen) atoms. The van der Waals surface area contributed by atoms with Crippen LogP contribution < -0.4 is 5.32 Å². The van der Waals surface area contributed by atoms with E-state index in [4.69, 9.17) is 9.26 Å². The summed E-state index contributed by atoms with van der Waals surface area (Å²) >= 11 is 0. The lowest BCUT2D eigenvalue weighted by atomic mass is 9.96. The van der Waals surface area contributed by atoms with Gasteiger partial charge in [-0.1, -0.05) is 19.0 Å². The zero-order valence-corrected chi connectivity index (χ0v) is 12.3. The van der Waals surface area contributed by atoms with E-state index < -0.39 is 5.60 Å². The number of methoxy groups -OCH3 is 1. The third-order valence-corrected chi connectivity index (χ3v) is 3.18. The van der Waals surface area contributed by atoms with Gasteiger partial charge in [0.1, 0.15) is 5.60 Å². The predicted molar refractivity (Wildman–Crippen MR) is 70.2 cm³/mol. The number of nitrogens with zero attached hydrogens (tertiary/aromatic N) is 2. The summed E-state index contributed by atoms with van der Waals surface area (Å²) < 4.78 is 10.8. The number of rotatable bonds is 6. The fourth-order valence-corrected chi connectivity index (χ4v) is 1.80. The largest absolute Gasteiger partial charge is 0.370 e. The van der Waals surface area contributed by atoms with Gasteiger partial charge < -0.3 is 14.6 Å². The normalized spacial score (nSPS) is 13.0. The Morgan fingerprint density at radius 2 is 1.83 bits per heavy atom. The highest BCUT2D eigenvalue weighted by Crippen LogP contribution is 2.29. The molecule has 0 saturated carbocycles. The first-order chi connectivity index (χ1) is 8.37. The molecule has 0 atom stereocenters. The van der Waals surface area contributed by atoms with Crippen molar-refractivity contribution in [3.8, 4) is 0 Å². The summed E-state index contributed by atoms with van der Waals surface area (Å²) in [6.07, 6.45) is 1.65. The summed E-state index contributed by atoms with van der Waals surface area (Å²) in [5.74, 6) is 1.24. The molecule has 1 rings (SSSR count). The van der Waals surface area contributed by atoms with Crippen LogP contribution in [0.4, 0.5) is 0 Å². The molecule has 1 aromatic rings. The summed E-state index contributed by atoms with van der Waals surface area (Å²) in [6.45, 7) is 11.0. The highest BCUT2D eigenvalue weighted by atomic mass is 16.5. The van der Waals surface area contributed by atoms with Crippen LogP contribution in [0.3, 0.4) is 0 Å². The number of hydrogen-bond acceptors (Lipinski definition) is 5. The third kappa shape index (κ3) is 3.53. The summed E-state index contributed by atoms with van der Waals surface area (Å²) in [6, 6.07) is 0. The fraction of sp³-hybridized carbons (Fsp3) is 0.846. The maximum absolute atomic E-state index is 5.58. The van der Waals surface area contributed by atoms with Crippen molar-refractivity contribution in [2.75, 3.05) is 7.11 Å². The van der Waals surface area contributed by atoms with Gasteiger partial charge in [-0.05, 0) is 33.6 Å². The van der Waals surface area contributed by atoms with Gasteiger partial charge in [0.15, 0.2) is 0 Å². The Morgan fingerprint density at radius 3 is 2.28 bits per heavy atom. The Balaban J connectivity index is 2.79. The van der Waals surface area contributed by atoms with Crippen molar-refractivity contribution in [1.82, 2.24) is 15.5 Å². The fourth-order valence-electron chi connectivity index (χ4n) is 1.80. The first kappa shape index (κ1) is 15.1. The third-order valence-electron chi connectivity index (χ3n) is 3.18. The van der Waals surface area contributed by atoms with Crippen LogP contribution in [0.2, 0.25) is 0 Å². The molecule has 0 saturated heterocycles. The van der Waals surface area contributed by atoms with E-state index in [0.29, 0.717) is 18.3 Å². The molecule has 5 heteroatoms. The molecule has 0 spiro atoms. The van der Waals surface area contributed by atoms with Gasteiger partial charge in [-0.2, -0.15) is 4.98 Å². The molecule has 0 aliphatic carbocycles. The van der Waals surface area contributed by atoms with Gasteiger partial charge in [0, 0.05) is 12.6 Å². The lowest BCUT2D eigenvalue weighted by molar-refractivity contribution is -0.0306. The quantitative estimate of drug-likeness (QED) is 0.846. The van der Waals surface area contributed by atoms with Crippen molar-refractivity contribution in [3.05, 3.63) is 11.7 Å². The van der Waals surface area contributed by atoms with E-state index in [1.807, 2.05) is 0 Å². The summed E-state index contributed by atoms with van der Waals surface area (Å²) in [5, 5.41) is 7.37. The average molecular weight is 255 g/mol. The van der Waals surface area contributed by atoms with E-state index in [9.17, 15) is 0 Å². The number of nitrogens with one attached hydrogen (secondary N) is 1. The summed E-state index contributed by atoms with van der Waals surface area (Å²) in [5.41, 5.74) is -0.397. The molecular weight excluding hydrogens is 230 g/mol. The van der Waals surface area contributed by atoms with Crippen molar-refractivity contribution >= 4 is 0 Å². The van der Waals surface area contributed by atoms with Gasteiger partial charge >= 0.3 is 0 Å². The van der Waals surface area contributed by atoms with Gasteiger partial charge in [-0.3, -0.25) is 0 Å². The second kappa shape index (κ2) is 5.80. The van der Waals surface area contributed by atoms with Crippen LogP contribution in [0.15, 0.2) is 4.52 Å². The minimum atomic E-state index is -0.427. The SMILES string of the molecule is CCC(CC)(OC)c1noc(CNC(C)(C)C)n1. The molecule has 1 heterocycles. The molecule has 0 radical (unpaired) electrons. The van der Waals surface area contributed by atoms with Crippen LogP contribution in [0.25, 0.3) is 0 Å². The standard InChI is InChI=1S/C13H25N3O2/c1-7-13(8-2,17-6)11-15-10(18-16-11)9-14-12(3,4)5/h14H,7-9H2,1-6H3. The van der Waals surface area contributed by atoms with E-state index in [-0.39, 0.29) is 5.54 Å². The molecule has 0 aliphatic heterocycles. The second-order valence-corrected chi connectivity index (χ2v) is 5.52. The average Bonchev–Trinajstić information content (AvgIpc) is 2.78. The summed E-state index contributed by atoms with van der Waals surface area (Å²) in [7, 11) is 1.69. The highest BCUT2D eigenvalue weighted by molar-refractivity contribution is 5.01. The van der Waals surface area contributed by atoms with Crippen molar-refractivity contribution in [1.29, 1.82) is 0 Å². The van der Waals surface area contributed by atoms with Crippen molar-refractivity contribution < 1.29 is 9.26 Å². The Bertz CT molecular complexity index is 356. The number of aromatic nitrogens is 2. The zero-order chi connectivity index (χ0) is 13.8. The van der Waals surface area contributed by atoms with Crippen LogP contribution in [0.5, 0.6) is 0 Å². The topological polar surface area (TPSA) is 60.2 Å². The van der Waals surface area contributed by atoms with E-state index in [2.05, 4.69) is 50.1 Å². The van der Waals surface area contributed by atoms with E-state index >= 15 is 0 Å². The van der Waals surface area contributed by atoms with E-state index in [0.717, 1.165) is 12.8 Å². The molecule has 0 fully saturated rings. The second-order valence-electron chi connectivity index (χ2n) is 5.52. The van der Waals surface area contributed by atoms with Crippen LogP contribution in [-0.4, -0.2) is 22.8 Å². The molecule has 0 aliphatic rings. The lowest BCUT2D eigenvalue weighted by Gasteiger charge is -2.25. The lowest BCUT2D eigenvalue weighted by Crippen LogP contribution is -2.35. The maximum atomic E-state index is 5.58. The van der Waals surface area contributed by atoms with E-state index in [1.165, 1.54) is 0 Å². The number of ether oxygens (including phenoxy) is 1. The smallest absolute Gasteiger partial charge is 0.240 e. The first-order valence-corrected chi connectivity index (χ1v) is 6.50. The van der Waals surface area contributed by atoms with Gasteiger partial charge in [-0.15, -0.1) is 0 Å². The Hall–Kier alpha value is -0.940. The highest BCUT2D eigenvalue weighted by Gasteiger charge is 2.33. The predicted octanol–water partition coefficient (Wildman–Crippen LogP) is 2.62. The van der Waals surface area contributed by atoms with Crippen LogP contribution in [-0.2, 0) is 16.9 Å². The molecule has 104 valence electrons. The number of hydrogen-bond donors (Lipinski definition) is 1. The van der Waals surface area contributed by atoms with Gasteiger partial charge in [0.25, 0.3) is 0 Å². The van der Waals surface area contributed by atoms with Gasteiger partial charge in [0.2, 0.25) is 11.7 Å². The van der Waals surface area contributed by atoms with Crippen molar-refractivity contribution in [2.45, 2.75) is 65.1 Å². The zero-order valence-electron chi connectivity index (χ0n) is 12.3. The molecular formula is C13H25N3O2. The molecule has 1 N–H and O–H groups in total. The van der Waals surface area contributed by atoms with Crippen molar-refractivity contribution in [2.24, 2.45) is 0 Å². The first-order valence-electron chi connectivity index (χ1n) is 6.50. The van der Waals surface area contributed by atoms with Crippen LogP contribution in [0.1, 0.15) is 59.2 Å². The minimum Gasteiger partial charge on any atom is -0.370 e. The summed E-state index contributed by atoms with van der Waals surface area (Å²) in [4.78, 5) is 4.43. The van der Waals surface area contributed by atoms with Gasteiger partial charge in [-0.25, -0.2) is 0 Å². The Labute approximate surface area is 109 Å². The molecule has 0 bridgehead atoms. The molecule has 0 unspecified atom stereocenters. The van der Waals surface area contributed by atoms with Gasteiger partial charge in [0.05, 0.1) is 6.54 Å². The molecule has 0 amide bonds. The molecule has 1 aromatic heterocycles. The maximum Gasteiger partial charge on any atom is 0.240 e. The van der Waals surface area contributed by atoms with Crippen molar-refractivity contribution in [3.63, 3.8) is 0 Å². The van der Waals surface area contributed by atoms with E-state index in [1.54, 1.807) is 7.11 Å². The Morgan fingerprint density at radius 1 is 1.22 bits per heavy atom. The van der Waals surface area contributed by atoms with Crippen LogP contribution in [0, 0.1) is 0 Å². The molecule has 5 nitrogen and oxygen atoms in total. The van der Waals surface area contributed by atoms with Crippen LogP contribution >= 0.6 is 0 Å².